The summed E-state index contributed by atoms with van der Waals surface area (Å²) in [5, 5.41) is 3.00. The van der Waals surface area contributed by atoms with Gasteiger partial charge in [0.25, 0.3) is 0 Å². The van der Waals surface area contributed by atoms with Crippen LogP contribution in [-0.2, 0) is 20.7 Å². The Hall–Kier alpha value is -2.08. The van der Waals surface area contributed by atoms with Crippen molar-refractivity contribution in [3.8, 4) is 0 Å². The number of benzene rings is 1. The smallest absolute Gasteiger partial charge is 0.410 e. The molecule has 1 aromatic rings. The zero-order valence-corrected chi connectivity index (χ0v) is 17.7. The highest BCUT2D eigenvalue weighted by molar-refractivity contribution is 5.79. The summed E-state index contributed by atoms with van der Waals surface area (Å²) in [5.41, 5.74) is 0.637. The first kappa shape index (κ1) is 22.2. The third-order valence-electron chi connectivity index (χ3n) is 5.04. The van der Waals surface area contributed by atoms with E-state index in [0.717, 1.165) is 19.3 Å². The Balaban J connectivity index is 1.94. The molecule has 1 aliphatic rings. The minimum atomic E-state index is -0.548. The van der Waals surface area contributed by atoms with Gasteiger partial charge in [0.1, 0.15) is 5.60 Å². The average Bonchev–Trinajstić information content (AvgIpc) is 3.11. The zero-order chi connectivity index (χ0) is 20.7. The molecule has 28 heavy (non-hydrogen) atoms. The van der Waals surface area contributed by atoms with E-state index in [0.29, 0.717) is 13.1 Å². The third-order valence-corrected chi connectivity index (χ3v) is 5.04. The van der Waals surface area contributed by atoms with Crippen LogP contribution in [-0.4, -0.2) is 54.8 Å². The van der Waals surface area contributed by atoms with Crippen LogP contribution in [0.5, 0.6) is 0 Å². The van der Waals surface area contributed by atoms with Crippen molar-refractivity contribution in [1.29, 1.82) is 0 Å². The SMILES string of the molecule is COC(C(C)C(=O)NCCc1ccccc1)C1CCCN1C(=O)OC(C)(C)C. The number of ether oxygens (including phenoxy) is 2. The average molecular weight is 391 g/mol. The molecule has 156 valence electrons. The summed E-state index contributed by atoms with van der Waals surface area (Å²) in [5.74, 6) is -0.423. The molecule has 0 radical (unpaired) electrons. The molecule has 6 nitrogen and oxygen atoms in total. The molecule has 1 fully saturated rings. The summed E-state index contributed by atoms with van der Waals surface area (Å²) in [6.07, 6.45) is 1.76. The Kier molecular flexibility index (Phi) is 7.87. The molecule has 2 amide bonds. The Morgan fingerprint density at radius 3 is 2.54 bits per heavy atom. The molecule has 0 aromatic heterocycles. The fraction of sp³-hybridized carbons (Fsp3) is 0.636. The molecule has 6 heteroatoms. The Bertz CT molecular complexity index is 642. The van der Waals surface area contributed by atoms with Gasteiger partial charge in [0.05, 0.1) is 18.1 Å². The van der Waals surface area contributed by atoms with Crippen molar-refractivity contribution in [2.24, 2.45) is 5.92 Å². The number of carbonyl (C=O) groups excluding carboxylic acids is 2. The molecule has 1 heterocycles. The molecule has 1 saturated heterocycles. The third kappa shape index (κ3) is 6.23. The summed E-state index contributed by atoms with van der Waals surface area (Å²) in [4.78, 5) is 26.9. The van der Waals surface area contributed by atoms with Crippen LogP contribution in [0.25, 0.3) is 0 Å². The van der Waals surface area contributed by atoms with Crippen LogP contribution < -0.4 is 5.32 Å². The summed E-state index contributed by atoms with van der Waals surface area (Å²) in [6, 6.07) is 9.90. The number of amides is 2. The molecule has 1 aliphatic heterocycles. The highest BCUT2D eigenvalue weighted by Gasteiger charge is 2.41. The van der Waals surface area contributed by atoms with Gasteiger partial charge in [-0.25, -0.2) is 4.79 Å². The van der Waals surface area contributed by atoms with Gasteiger partial charge in [-0.2, -0.15) is 0 Å². The number of methoxy groups -OCH3 is 1. The first-order chi connectivity index (χ1) is 13.2. The van der Waals surface area contributed by atoms with Gasteiger partial charge in [-0.3, -0.25) is 4.79 Å². The second kappa shape index (κ2) is 9.92. The number of nitrogens with one attached hydrogen (secondary N) is 1. The fourth-order valence-electron chi connectivity index (χ4n) is 3.66. The van der Waals surface area contributed by atoms with Crippen LogP contribution in [0, 0.1) is 5.92 Å². The van der Waals surface area contributed by atoms with E-state index >= 15 is 0 Å². The number of carbonyl (C=O) groups is 2. The maximum atomic E-state index is 12.7. The van der Waals surface area contributed by atoms with Crippen molar-refractivity contribution < 1.29 is 19.1 Å². The van der Waals surface area contributed by atoms with Crippen molar-refractivity contribution in [2.45, 2.75) is 64.7 Å². The van der Waals surface area contributed by atoms with Gasteiger partial charge in [0, 0.05) is 20.2 Å². The van der Waals surface area contributed by atoms with Crippen molar-refractivity contribution in [3.63, 3.8) is 0 Å². The summed E-state index contributed by atoms with van der Waals surface area (Å²) in [6.45, 7) is 8.62. The van der Waals surface area contributed by atoms with Crippen LogP contribution >= 0.6 is 0 Å². The minimum absolute atomic E-state index is 0.0566. The van der Waals surface area contributed by atoms with Gasteiger partial charge in [-0.05, 0) is 45.6 Å². The first-order valence-corrected chi connectivity index (χ1v) is 10.1. The highest BCUT2D eigenvalue weighted by Crippen LogP contribution is 2.28. The maximum Gasteiger partial charge on any atom is 0.410 e. The minimum Gasteiger partial charge on any atom is -0.444 e. The maximum absolute atomic E-state index is 12.7. The van der Waals surface area contributed by atoms with Crippen LogP contribution in [0.1, 0.15) is 46.1 Å². The van der Waals surface area contributed by atoms with E-state index < -0.39 is 5.60 Å². The first-order valence-electron chi connectivity index (χ1n) is 10.1. The van der Waals surface area contributed by atoms with Gasteiger partial charge in [0.2, 0.25) is 5.91 Å². The fourth-order valence-corrected chi connectivity index (χ4v) is 3.66. The Labute approximate surface area is 168 Å². The highest BCUT2D eigenvalue weighted by atomic mass is 16.6. The van der Waals surface area contributed by atoms with Gasteiger partial charge < -0.3 is 19.7 Å². The van der Waals surface area contributed by atoms with Gasteiger partial charge in [0.15, 0.2) is 0 Å². The molecular weight excluding hydrogens is 356 g/mol. The number of likely N-dealkylation sites (tertiary alicyclic amines) is 1. The summed E-state index contributed by atoms with van der Waals surface area (Å²) < 4.78 is 11.2. The predicted octanol–water partition coefficient (Wildman–Crippen LogP) is 3.40. The Morgan fingerprint density at radius 2 is 1.93 bits per heavy atom. The van der Waals surface area contributed by atoms with Gasteiger partial charge in [-0.15, -0.1) is 0 Å². The van der Waals surface area contributed by atoms with E-state index in [1.165, 1.54) is 5.56 Å². The normalized spacial score (nSPS) is 19.2. The monoisotopic (exact) mass is 390 g/mol. The predicted molar refractivity (Wildman–Crippen MR) is 109 cm³/mol. The number of nitrogens with zero attached hydrogens (tertiary/aromatic N) is 1. The molecule has 1 N–H and O–H groups in total. The summed E-state index contributed by atoms with van der Waals surface area (Å²) >= 11 is 0. The van der Waals surface area contributed by atoms with E-state index in [4.69, 9.17) is 9.47 Å². The molecular formula is C22H34N2O4. The largest absolute Gasteiger partial charge is 0.444 e. The molecule has 3 atom stereocenters. The van der Waals surface area contributed by atoms with E-state index in [-0.39, 0.29) is 30.1 Å². The van der Waals surface area contributed by atoms with E-state index in [9.17, 15) is 9.59 Å². The molecule has 0 saturated carbocycles. The molecule has 1 aromatic carbocycles. The van der Waals surface area contributed by atoms with E-state index in [2.05, 4.69) is 5.32 Å². The molecule has 0 spiro atoms. The Morgan fingerprint density at radius 1 is 1.25 bits per heavy atom. The zero-order valence-electron chi connectivity index (χ0n) is 17.7. The lowest BCUT2D eigenvalue weighted by molar-refractivity contribution is -0.130. The van der Waals surface area contributed by atoms with Crippen LogP contribution in [0.2, 0.25) is 0 Å². The van der Waals surface area contributed by atoms with Crippen molar-refractivity contribution >= 4 is 12.0 Å². The van der Waals surface area contributed by atoms with Crippen LogP contribution in [0.15, 0.2) is 30.3 Å². The molecule has 3 unspecified atom stereocenters. The van der Waals surface area contributed by atoms with Gasteiger partial charge >= 0.3 is 6.09 Å². The topological polar surface area (TPSA) is 67.9 Å². The van der Waals surface area contributed by atoms with E-state index in [1.54, 1.807) is 12.0 Å². The summed E-state index contributed by atoms with van der Waals surface area (Å²) in [7, 11) is 1.60. The second-order valence-electron chi connectivity index (χ2n) is 8.40. The number of hydrogen-bond acceptors (Lipinski definition) is 4. The quantitative estimate of drug-likeness (QED) is 0.775. The lowest BCUT2D eigenvalue weighted by atomic mass is 9.95. The van der Waals surface area contributed by atoms with Crippen molar-refractivity contribution in [1.82, 2.24) is 10.2 Å². The molecule has 2 rings (SSSR count). The standard InChI is InChI=1S/C22H34N2O4/c1-16(20(25)23-14-13-17-10-7-6-8-11-17)19(27-5)18-12-9-15-24(18)21(26)28-22(2,3)4/h6-8,10-11,16,18-19H,9,12-15H2,1-5H3,(H,23,25). The van der Waals surface area contributed by atoms with E-state index in [1.807, 2.05) is 58.0 Å². The van der Waals surface area contributed by atoms with Crippen molar-refractivity contribution in [3.05, 3.63) is 35.9 Å². The lowest BCUT2D eigenvalue weighted by Gasteiger charge is -2.34. The molecule has 0 bridgehead atoms. The van der Waals surface area contributed by atoms with Crippen molar-refractivity contribution in [2.75, 3.05) is 20.2 Å². The van der Waals surface area contributed by atoms with Crippen LogP contribution in [0.4, 0.5) is 4.79 Å². The number of rotatable bonds is 7. The molecule has 0 aliphatic carbocycles. The lowest BCUT2D eigenvalue weighted by Crippen LogP contribution is -2.50. The number of hydrogen-bond donors (Lipinski definition) is 1. The van der Waals surface area contributed by atoms with Gasteiger partial charge in [-0.1, -0.05) is 37.3 Å². The second-order valence-corrected chi connectivity index (χ2v) is 8.40. The van der Waals surface area contributed by atoms with Crippen LogP contribution in [0.3, 0.4) is 0 Å².